The van der Waals surface area contributed by atoms with Crippen LogP contribution in [0.25, 0.3) is 0 Å². The first-order valence-electron chi connectivity index (χ1n) is 10.5. The fraction of sp³-hybridized carbons (Fsp3) is 0.583. The van der Waals surface area contributed by atoms with Crippen LogP contribution < -0.4 is 0 Å². The molecule has 0 radical (unpaired) electrons. The Hall–Kier alpha value is -2.30. The van der Waals surface area contributed by atoms with E-state index in [9.17, 15) is 14.5 Å². The van der Waals surface area contributed by atoms with Crippen molar-refractivity contribution in [3.8, 4) is 0 Å². The van der Waals surface area contributed by atoms with Gasteiger partial charge in [0, 0.05) is 18.9 Å². The van der Waals surface area contributed by atoms with Gasteiger partial charge in [-0.2, -0.15) is 0 Å². The number of allylic oxidation sites excluding steroid dienone is 6. The van der Waals surface area contributed by atoms with Gasteiger partial charge >= 0.3 is 5.97 Å². The van der Waals surface area contributed by atoms with Gasteiger partial charge in [-0.25, -0.2) is 0 Å². The van der Waals surface area contributed by atoms with Crippen molar-refractivity contribution in [3.05, 3.63) is 51.1 Å². The largest absolute Gasteiger partial charge is 0.451 e. The van der Waals surface area contributed by atoms with Crippen LogP contribution in [0.2, 0.25) is 0 Å². The number of hydrogen-bond acceptors (Lipinski definition) is 5. The van der Waals surface area contributed by atoms with Crippen molar-refractivity contribution in [1.29, 1.82) is 0 Å². The predicted octanol–water partition coefficient (Wildman–Crippen LogP) is 6.50. The number of Topliss-reactive ketones (excluding diaryl/α,β-unsaturated/α-hetero) is 1. The first-order valence-corrected chi connectivity index (χ1v) is 10.5. The topological polar surface area (TPSA) is 72.8 Å². The monoisotopic (exact) mass is 401 g/mol. The molecule has 0 N–H and O–H groups in total. The molecule has 0 aromatic heterocycles. The summed E-state index contributed by atoms with van der Waals surface area (Å²) in [4.78, 5) is 36.1. The van der Waals surface area contributed by atoms with Crippen molar-refractivity contribution >= 4 is 11.8 Å². The van der Waals surface area contributed by atoms with Crippen molar-refractivity contribution in [2.45, 2.75) is 92.1 Å². The Morgan fingerprint density at radius 1 is 1.21 bits per heavy atom. The Morgan fingerprint density at radius 2 is 1.93 bits per heavy atom. The van der Waals surface area contributed by atoms with Gasteiger partial charge < -0.3 is 4.74 Å². The summed E-state index contributed by atoms with van der Waals surface area (Å²) in [7, 11) is 0. The lowest BCUT2D eigenvalue weighted by molar-refractivity contribution is -0.143. The van der Waals surface area contributed by atoms with Gasteiger partial charge in [0.2, 0.25) is 0 Å². The smallest absolute Gasteiger partial charge is 0.303 e. The molecule has 1 aliphatic rings. The van der Waals surface area contributed by atoms with Gasteiger partial charge in [0.25, 0.3) is 0 Å². The van der Waals surface area contributed by atoms with Crippen LogP contribution in [0.5, 0.6) is 0 Å². The molecule has 0 fully saturated rings. The summed E-state index contributed by atoms with van der Waals surface area (Å²) in [6.07, 6.45) is 11.2. The molecule has 160 valence electrons. The van der Waals surface area contributed by atoms with Crippen LogP contribution >= 0.6 is 0 Å². The van der Waals surface area contributed by atoms with Gasteiger partial charge in [-0.05, 0) is 63.6 Å². The minimum atomic E-state index is -0.859. The van der Waals surface area contributed by atoms with Crippen LogP contribution in [-0.4, -0.2) is 17.9 Å². The Bertz CT molecular complexity index is 721. The fourth-order valence-corrected chi connectivity index (χ4v) is 3.33. The van der Waals surface area contributed by atoms with Gasteiger partial charge in [0.05, 0.1) is 0 Å². The van der Waals surface area contributed by atoms with Crippen molar-refractivity contribution in [3.63, 3.8) is 0 Å². The molecule has 0 spiro atoms. The molecule has 0 bridgehead atoms. The maximum atomic E-state index is 12.7. The Balaban J connectivity index is 3.14. The molecule has 5 nitrogen and oxygen atoms in total. The Labute approximate surface area is 174 Å². The quantitative estimate of drug-likeness (QED) is 0.171. The molecule has 1 aliphatic carbocycles. The third kappa shape index (κ3) is 8.71. The van der Waals surface area contributed by atoms with Crippen LogP contribution in [0.1, 0.15) is 86.0 Å². The van der Waals surface area contributed by atoms with Crippen LogP contribution in [0.4, 0.5) is 0 Å². The molecule has 1 atom stereocenters. The highest BCUT2D eigenvalue weighted by atomic mass is 16.5. The first-order chi connectivity index (χ1) is 13.8. The Morgan fingerprint density at radius 3 is 2.52 bits per heavy atom. The molecule has 0 amide bonds. The second-order valence-corrected chi connectivity index (χ2v) is 7.88. The summed E-state index contributed by atoms with van der Waals surface area (Å²) < 4.78 is 5.46. The summed E-state index contributed by atoms with van der Waals surface area (Å²) >= 11 is 0. The van der Waals surface area contributed by atoms with Crippen molar-refractivity contribution < 1.29 is 14.3 Å². The maximum Gasteiger partial charge on any atom is 0.303 e. The first kappa shape index (κ1) is 24.7. The zero-order chi connectivity index (χ0) is 21.8. The minimum absolute atomic E-state index is 0.0544. The number of esters is 1. The molecule has 0 aromatic carbocycles. The average Bonchev–Trinajstić information content (AvgIpc) is 2.77. The lowest BCUT2D eigenvalue weighted by atomic mass is 9.97. The van der Waals surface area contributed by atoms with Crippen LogP contribution in [0.3, 0.4) is 0 Å². The van der Waals surface area contributed by atoms with E-state index in [1.807, 2.05) is 19.1 Å². The summed E-state index contributed by atoms with van der Waals surface area (Å²) in [6.45, 7) is 9.57. The van der Waals surface area contributed by atoms with Crippen molar-refractivity contribution in [2.24, 2.45) is 5.18 Å². The Kier molecular flexibility index (Phi) is 11.1. The minimum Gasteiger partial charge on any atom is -0.451 e. The highest BCUT2D eigenvalue weighted by Crippen LogP contribution is 2.31. The zero-order valence-corrected chi connectivity index (χ0v) is 18.5. The second-order valence-electron chi connectivity index (χ2n) is 7.88. The molecule has 29 heavy (non-hydrogen) atoms. The van der Waals surface area contributed by atoms with Crippen LogP contribution in [0, 0.1) is 4.91 Å². The van der Waals surface area contributed by atoms with Gasteiger partial charge in [-0.15, -0.1) is 4.91 Å². The highest BCUT2D eigenvalue weighted by molar-refractivity contribution is 5.98. The molecule has 0 saturated carbocycles. The summed E-state index contributed by atoms with van der Waals surface area (Å²) in [6, 6.07) is 0. The normalized spacial score (nSPS) is 17.6. The third-order valence-corrected chi connectivity index (χ3v) is 4.98. The van der Waals surface area contributed by atoms with E-state index in [-0.39, 0.29) is 17.9 Å². The number of carbonyl (C=O) groups is 2. The number of rotatable bonds is 11. The number of unbranched alkanes of at least 4 members (excludes halogenated alkanes) is 2. The fourth-order valence-electron chi connectivity index (χ4n) is 3.33. The van der Waals surface area contributed by atoms with E-state index in [2.05, 4.69) is 32.0 Å². The van der Waals surface area contributed by atoms with E-state index in [4.69, 9.17) is 4.74 Å². The molecule has 0 heterocycles. The van der Waals surface area contributed by atoms with Gasteiger partial charge in [0.15, 0.2) is 11.9 Å². The third-order valence-electron chi connectivity index (χ3n) is 4.98. The number of nitrogens with zero attached hydrogens (tertiary/aromatic N) is 1. The number of ketones is 1. The zero-order valence-electron chi connectivity index (χ0n) is 18.5. The van der Waals surface area contributed by atoms with Gasteiger partial charge in [0.1, 0.15) is 5.70 Å². The molecule has 0 aromatic rings. The molecule has 1 unspecified atom stereocenters. The van der Waals surface area contributed by atoms with E-state index < -0.39 is 12.1 Å². The lowest BCUT2D eigenvalue weighted by Gasteiger charge is -2.20. The van der Waals surface area contributed by atoms with E-state index in [0.29, 0.717) is 18.4 Å². The summed E-state index contributed by atoms with van der Waals surface area (Å²) in [5.74, 6) is -0.615. The number of nitroso groups, excluding NO2 is 1. The molecule has 5 heteroatoms. The summed E-state index contributed by atoms with van der Waals surface area (Å²) in [5.41, 5.74) is 3.64. The molecule has 1 rings (SSSR count). The van der Waals surface area contributed by atoms with Gasteiger partial charge in [-0.3, -0.25) is 9.59 Å². The van der Waals surface area contributed by atoms with E-state index in [1.165, 1.54) is 12.5 Å². The number of carbonyl (C=O) groups excluding carboxylic acids is 2. The van der Waals surface area contributed by atoms with E-state index in [1.54, 1.807) is 0 Å². The van der Waals surface area contributed by atoms with Crippen molar-refractivity contribution in [1.82, 2.24) is 0 Å². The summed E-state index contributed by atoms with van der Waals surface area (Å²) in [5, 5.41) is 3.17. The van der Waals surface area contributed by atoms with Crippen molar-refractivity contribution in [2.75, 3.05) is 0 Å². The van der Waals surface area contributed by atoms with E-state index >= 15 is 0 Å². The van der Waals surface area contributed by atoms with Gasteiger partial charge in [-0.1, -0.05) is 49.1 Å². The molecular weight excluding hydrogens is 366 g/mol. The lowest BCUT2D eigenvalue weighted by Crippen LogP contribution is -2.22. The predicted molar refractivity (Wildman–Crippen MR) is 117 cm³/mol. The number of hydrogen-bond donors (Lipinski definition) is 0. The molecule has 0 saturated heterocycles. The van der Waals surface area contributed by atoms with Crippen LogP contribution in [0.15, 0.2) is 51.4 Å². The van der Waals surface area contributed by atoms with E-state index in [0.717, 1.165) is 43.3 Å². The molecule has 0 aliphatic heterocycles. The highest BCUT2D eigenvalue weighted by Gasteiger charge is 2.31. The van der Waals surface area contributed by atoms with Crippen LogP contribution in [-0.2, 0) is 14.3 Å². The SMILES string of the molecule is CCCCCC1=CCC(=O)C(C/C=C(\C)CCC=C(C)C)=C(N=O)C1OC(C)=O. The average molecular weight is 402 g/mol. The maximum absolute atomic E-state index is 12.7. The number of ether oxygens (including phenoxy) is 1. The second kappa shape index (κ2) is 13.0. The molecular formula is C24H35NO4. The standard InChI is InChI=1S/C24H35NO4/c1-6-7-8-12-20-14-16-22(27)21(23(25-28)24(20)29-19(5)26)15-13-18(4)11-9-10-17(2)3/h10,13-14,24H,6-9,11-12,15-16H2,1-5H3/b18-13+.